The molecule has 4 heteroatoms. The van der Waals surface area contributed by atoms with Crippen LogP contribution in [0.5, 0.6) is 0 Å². The van der Waals surface area contributed by atoms with E-state index in [1.807, 2.05) is 6.92 Å². The summed E-state index contributed by atoms with van der Waals surface area (Å²) in [5.41, 5.74) is 0.870. The number of carbonyl (C=O) groups is 1. The maximum absolute atomic E-state index is 11.6. The summed E-state index contributed by atoms with van der Waals surface area (Å²) in [6.45, 7) is 7.46. The average molecular weight is 226 g/mol. The van der Waals surface area contributed by atoms with Crippen molar-refractivity contribution in [3.63, 3.8) is 0 Å². The smallest absolute Gasteiger partial charge is 0.309 e. The van der Waals surface area contributed by atoms with Crippen LogP contribution >= 0.6 is 0 Å². The molecule has 4 nitrogen and oxygen atoms in total. The van der Waals surface area contributed by atoms with E-state index < -0.39 is 5.79 Å². The van der Waals surface area contributed by atoms with Crippen LogP contribution in [0.4, 0.5) is 0 Å². The van der Waals surface area contributed by atoms with E-state index in [9.17, 15) is 4.79 Å². The molecule has 1 aliphatic heterocycles. The predicted octanol–water partition coefficient (Wildman–Crippen LogP) is 1.65. The van der Waals surface area contributed by atoms with Crippen LogP contribution in [0.15, 0.2) is 12.2 Å². The first-order valence-electron chi connectivity index (χ1n) is 5.81. The minimum atomic E-state index is -0.608. The van der Waals surface area contributed by atoms with Crippen LogP contribution < -0.4 is 0 Å². The van der Waals surface area contributed by atoms with E-state index in [1.54, 1.807) is 0 Å². The Morgan fingerprint density at radius 1 is 1.56 bits per heavy atom. The first-order chi connectivity index (χ1) is 7.68. The van der Waals surface area contributed by atoms with E-state index in [2.05, 4.69) is 6.58 Å². The lowest BCUT2D eigenvalue weighted by Crippen LogP contribution is -2.39. The van der Waals surface area contributed by atoms with Crippen molar-refractivity contribution in [3.8, 4) is 0 Å². The third-order valence-electron chi connectivity index (χ3n) is 3.23. The molecule has 2 aliphatic rings. The Morgan fingerprint density at radius 3 is 2.81 bits per heavy atom. The van der Waals surface area contributed by atoms with Gasteiger partial charge in [0.1, 0.15) is 0 Å². The van der Waals surface area contributed by atoms with Crippen molar-refractivity contribution in [3.05, 3.63) is 12.2 Å². The van der Waals surface area contributed by atoms with Gasteiger partial charge in [0, 0.05) is 6.42 Å². The van der Waals surface area contributed by atoms with Gasteiger partial charge in [-0.2, -0.15) is 0 Å². The molecule has 0 amide bonds. The highest BCUT2D eigenvalue weighted by molar-refractivity contribution is 5.73. The third-order valence-corrected chi connectivity index (χ3v) is 3.23. The molecule has 1 atom stereocenters. The van der Waals surface area contributed by atoms with Gasteiger partial charge in [-0.3, -0.25) is 4.79 Å². The maximum atomic E-state index is 11.6. The molecule has 1 saturated heterocycles. The fraction of sp³-hybridized carbons (Fsp3) is 0.750. The molecule has 1 aliphatic carbocycles. The highest BCUT2D eigenvalue weighted by atomic mass is 16.7. The summed E-state index contributed by atoms with van der Waals surface area (Å²) in [5, 5.41) is 0. The van der Waals surface area contributed by atoms with E-state index in [0.717, 1.165) is 12.0 Å². The first kappa shape index (κ1) is 11.6. The van der Waals surface area contributed by atoms with E-state index in [4.69, 9.17) is 14.2 Å². The zero-order chi connectivity index (χ0) is 11.6. The summed E-state index contributed by atoms with van der Waals surface area (Å²) in [4.78, 5) is 11.6. The van der Waals surface area contributed by atoms with Crippen molar-refractivity contribution in [2.45, 2.75) is 32.0 Å². The summed E-state index contributed by atoms with van der Waals surface area (Å²) in [6.07, 6.45) is 2.06. The number of rotatable bonds is 2. The molecular weight excluding hydrogens is 208 g/mol. The third kappa shape index (κ3) is 1.99. The fourth-order valence-electron chi connectivity index (χ4n) is 2.36. The Hall–Kier alpha value is -0.870. The molecule has 0 N–H and O–H groups in total. The van der Waals surface area contributed by atoms with E-state index in [0.29, 0.717) is 32.7 Å². The topological polar surface area (TPSA) is 44.8 Å². The van der Waals surface area contributed by atoms with Gasteiger partial charge in [0.25, 0.3) is 0 Å². The average Bonchev–Trinajstić information content (AvgIpc) is 2.72. The van der Waals surface area contributed by atoms with Crippen LogP contribution in [0.3, 0.4) is 0 Å². The maximum Gasteiger partial charge on any atom is 0.309 e. The minimum Gasteiger partial charge on any atom is -0.466 e. The SMILES string of the molecule is C=C1CC(C(=O)OCC)CCC12OCCO2. The monoisotopic (exact) mass is 226 g/mol. The van der Waals surface area contributed by atoms with Gasteiger partial charge in [0.15, 0.2) is 5.79 Å². The van der Waals surface area contributed by atoms with Gasteiger partial charge in [-0.05, 0) is 25.3 Å². The zero-order valence-electron chi connectivity index (χ0n) is 9.66. The Labute approximate surface area is 95.6 Å². The van der Waals surface area contributed by atoms with Crippen molar-refractivity contribution in [2.75, 3.05) is 19.8 Å². The van der Waals surface area contributed by atoms with Gasteiger partial charge in [-0.15, -0.1) is 0 Å². The highest BCUT2D eigenvalue weighted by Crippen LogP contribution is 2.41. The second-order valence-electron chi connectivity index (χ2n) is 4.25. The van der Waals surface area contributed by atoms with Gasteiger partial charge in [-0.1, -0.05) is 6.58 Å². The van der Waals surface area contributed by atoms with Crippen LogP contribution in [0.25, 0.3) is 0 Å². The lowest BCUT2D eigenvalue weighted by atomic mass is 9.82. The lowest BCUT2D eigenvalue weighted by molar-refractivity contribution is -0.161. The summed E-state index contributed by atoms with van der Waals surface area (Å²) >= 11 is 0. The van der Waals surface area contributed by atoms with Crippen molar-refractivity contribution in [1.82, 2.24) is 0 Å². The van der Waals surface area contributed by atoms with Gasteiger partial charge >= 0.3 is 5.97 Å². The molecule has 16 heavy (non-hydrogen) atoms. The van der Waals surface area contributed by atoms with Crippen molar-refractivity contribution in [2.24, 2.45) is 5.92 Å². The van der Waals surface area contributed by atoms with E-state index >= 15 is 0 Å². The standard InChI is InChI=1S/C12H18O4/c1-3-14-11(13)10-4-5-12(9(2)8-10)15-6-7-16-12/h10H,2-8H2,1H3. The van der Waals surface area contributed by atoms with Crippen LogP contribution in [0.1, 0.15) is 26.2 Å². The van der Waals surface area contributed by atoms with Crippen LogP contribution in [-0.2, 0) is 19.0 Å². The molecule has 1 saturated carbocycles. The number of hydrogen-bond acceptors (Lipinski definition) is 4. The summed E-state index contributed by atoms with van der Waals surface area (Å²) in [5.74, 6) is -0.814. The summed E-state index contributed by atoms with van der Waals surface area (Å²) in [6, 6.07) is 0. The Balaban J connectivity index is 1.97. The van der Waals surface area contributed by atoms with E-state index in [1.165, 1.54) is 0 Å². The second kappa shape index (κ2) is 4.55. The molecule has 1 heterocycles. The first-order valence-corrected chi connectivity index (χ1v) is 5.81. The zero-order valence-corrected chi connectivity index (χ0v) is 9.66. The number of ether oxygens (including phenoxy) is 3. The second-order valence-corrected chi connectivity index (χ2v) is 4.25. The largest absolute Gasteiger partial charge is 0.466 e. The van der Waals surface area contributed by atoms with Crippen molar-refractivity contribution in [1.29, 1.82) is 0 Å². The highest BCUT2D eigenvalue weighted by Gasteiger charge is 2.45. The van der Waals surface area contributed by atoms with Crippen LogP contribution in [0, 0.1) is 5.92 Å². The quantitative estimate of drug-likeness (QED) is 0.530. The van der Waals surface area contributed by atoms with E-state index in [-0.39, 0.29) is 11.9 Å². The Morgan fingerprint density at radius 2 is 2.25 bits per heavy atom. The van der Waals surface area contributed by atoms with Gasteiger partial charge in [0.2, 0.25) is 0 Å². The number of esters is 1. The molecule has 0 bridgehead atoms. The minimum absolute atomic E-state index is 0.0779. The van der Waals surface area contributed by atoms with Gasteiger partial charge in [0.05, 0.1) is 25.7 Å². The normalized spacial score (nSPS) is 28.3. The number of carbonyl (C=O) groups excluding carboxylic acids is 1. The van der Waals surface area contributed by atoms with Gasteiger partial charge < -0.3 is 14.2 Å². The predicted molar refractivity (Wildman–Crippen MR) is 57.7 cm³/mol. The van der Waals surface area contributed by atoms with Gasteiger partial charge in [-0.25, -0.2) is 0 Å². The molecule has 0 aromatic carbocycles. The molecular formula is C12H18O4. The molecule has 1 unspecified atom stereocenters. The van der Waals surface area contributed by atoms with Crippen molar-refractivity contribution < 1.29 is 19.0 Å². The molecule has 0 aromatic rings. The van der Waals surface area contributed by atoms with Crippen LogP contribution in [-0.4, -0.2) is 31.6 Å². The molecule has 2 rings (SSSR count). The van der Waals surface area contributed by atoms with Crippen LogP contribution in [0.2, 0.25) is 0 Å². The Kier molecular flexibility index (Phi) is 3.30. The molecule has 2 fully saturated rings. The molecule has 0 aromatic heterocycles. The lowest BCUT2D eigenvalue weighted by Gasteiger charge is -2.36. The molecule has 90 valence electrons. The number of hydrogen-bond donors (Lipinski definition) is 0. The summed E-state index contributed by atoms with van der Waals surface area (Å²) in [7, 11) is 0. The van der Waals surface area contributed by atoms with Crippen molar-refractivity contribution >= 4 is 5.97 Å². The fourth-order valence-corrected chi connectivity index (χ4v) is 2.36. The Bertz CT molecular complexity index is 291. The summed E-state index contributed by atoms with van der Waals surface area (Å²) < 4.78 is 16.2. The molecule has 0 radical (unpaired) electrons. The molecule has 1 spiro atoms.